The van der Waals surface area contributed by atoms with Crippen LogP contribution in [-0.2, 0) is 6.54 Å². The first kappa shape index (κ1) is 18.7. The molecule has 0 radical (unpaired) electrons. The fraction of sp³-hybridized carbons (Fsp3) is 0.227. The molecule has 1 aliphatic heterocycles. The predicted molar refractivity (Wildman–Crippen MR) is 107 cm³/mol. The lowest BCUT2D eigenvalue weighted by atomic mass is 10.0. The minimum atomic E-state index is -0.489. The van der Waals surface area contributed by atoms with Gasteiger partial charge >= 0.3 is 0 Å². The summed E-state index contributed by atoms with van der Waals surface area (Å²) in [6, 6.07) is 14.8. The molecule has 1 N–H and O–H groups in total. The molecule has 3 aromatic rings. The molecule has 7 nitrogen and oxygen atoms in total. The highest BCUT2D eigenvalue weighted by atomic mass is 16.5. The third kappa shape index (κ3) is 3.24. The number of hydrogen-bond donors (Lipinski definition) is 1. The molecular formula is C22H22N2O5. The third-order valence-corrected chi connectivity index (χ3v) is 4.96. The molecule has 0 unspecified atom stereocenters. The molecule has 0 spiro atoms. The highest BCUT2D eigenvalue weighted by molar-refractivity contribution is 6.01. The van der Waals surface area contributed by atoms with Gasteiger partial charge in [0.15, 0.2) is 11.5 Å². The highest BCUT2D eigenvalue weighted by Gasteiger charge is 2.36. The van der Waals surface area contributed by atoms with Crippen LogP contribution in [0.2, 0.25) is 0 Å². The number of rotatable bonds is 6. The second kappa shape index (κ2) is 7.79. The summed E-state index contributed by atoms with van der Waals surface area (Å²) in [4.78, 5) is 15.1. The molecule has 0 fully saturated rings. The van der Waals surface area contributed by atoms with Crippen molar-refractivity contribution in [3.63, 3.8) is 0 Å². The first-order chi connectivity index (χ1) is 14.2. The molecule has 2 heterocycles. The number of carbonyl (C=O) groups is 1. The van der Waals surface area contributed by atoms with Gasteiger partial charge in [-0.05, 0) is 36.4 Å². The van der Waals surface area contributed by atoms with Gasteiger partial charge in [-0.1, -0.05) is 12.1 Å². The van der Waals surface area contributed by atoms with Crippen LogP contribution in [0.15, 0.2) is 59.2 Å². The summed E-state index contributed by atoms with van der Waals surface area (Å²) in [5, 5.41) is 3.46. The zero-order valence-corrected chi connectivity index (χ0v) is 16.5. The Labute approximate surface area is 168 Å². The Balaban J connectivity index is 1.84. The summed E-state index contributed by atoms with van der Waals surface area (Å²) in [6.07, 6.45) is 1.11. The molecule has 1 atom stereocenters. The Kier molecular flexibility index (Phi) is 5.03. The number of carbonyl (C=O) groups excluding carboxylic acids is 1. The summed E-state index contributed by atoms with van der Waals surface area (Å²) in [5.41, 5.74) is 2.12. The second-order valence-corrected chi connectivity index (χ2v) is 6.53. The van der Waals surface area contributed by atoms with Crippen molar-refractivity contribution in [3.05, 3.63) is 71.7 Å². The average Bonchev–Trinajstić information content (AvgIpc) is 3.27. The smallest absolute Gasteiger partial charge is 0.258 e. The summed E-state index contributed by atoms with van der Waals surface area (Å²) >= 11 is 0. The molecule has 0 bridgehead atoms. The van der Waals surface area contributed by atoms with Gasteiger partial charge in [-0.15, -0.1) is 0 Å². The zero-order valence-electron chi connectivity index (χ0n) is 16.5. The maximum absolute atomic E-state index is 13.4. The van der Waals surface area contributed by atoms with Gasteiger partial charge in [0.1, 0.15) is 11.9 Å². The van der Waals surface area contributed by atoms with Crippen molar-refractivity contribution in [1.29, 1.82) is 0 Å². The number of para-hydroxylation sites is 1. The molecule has 1 aliphatic rings. The topological polar surface area (TPSA) is 73.2 Å². The summed E-state index contributed by atoms with van der Waals surface area (Å²) < 4.78 is 22.1. The van der Waals surface area contributed by atoms with E-state index in [4.69, 9.17) is 18.6 Å². The molecule has 0 saturated heterocycles. The number of anilines is 1. The number of nitrogens with zero attached hydrogens (tertiary/aromatic N) is 1. The molecule has 0 saturated carbocycles. The number of amides is 1. The van der Waals surface area contributed by atoms with Crippen molar-refractivity contribution in [2.24, 2.45) is 0 Å². The molecule has 4 rings (SSSR count). The van der Waals surface area contributed by atoms with Crippen molar-refractivity contribution in [3.8, 4) is 17.2 Å². The number of methoxy groups -OCH3 is 3. The van der Waals surface area contributed by atoms with Gasteiger partial charge in [0.05, 0.1) is 39.7 Å². The lowest BCUT2D eigenvalue weighted by Gasteiger charge is -2.38. The van der Waals surface area contributed by atoms with E-state index in [2.05, 4.69) is 5.32 Å². The maximum atomic E-state index is 13.4. The van der Waals surface area contributed by atoms with E-state index in [1.807, 2.05) is 36.4 Å². The first-order valence-electron chi connectivity index (χ1n) is 9.15. The van der Waals surface area contributed by atoms with Crippen LogP contribution in [0.5, 0.6) is 17.2 Å². The van der Waals surface area contributed by atoms with E-state index in [1.54, 1.807) is 44.6 Å². The van der Waals surface area contributed by atoms with Crippen LogP contribution < -0.4 is 19.5 Å². The molecule has 1 aromatic heterocycles. The van der Waals surface area contributed by atoms with Gasteiger partial charge in [-0.25, -0.2) is 0 Å². The number of benzene rings is 2. The SMILES string of the molecule is COc1ccc([C@@H]2Nc3ccccc3C(=O)N2Cc2ccco2)c(OC)c1OC. The van der Waals surface area contributed by atoms with E-state index in [0.29, 0.717) is 35.1 Å². The molecule has 1 amide bonds. The normalized spacial score (nSPS) is 15.5. The van der Waals surface area contributed by atoms with Crippen LogP contribution in [0.4, 0.5) is 5.69 Å². The lowest BCUT2D eigenvalue weighted by molar-refractivity contribution is 0.0649. The number of furan rings is 1. The quantitative estimate of drug-likeness (QED) is 0.679. The summed E-state index contributed by atoms with van der Waals surface area (Å²) in [6.45, 7) is 0.301. The monoisotopic (exact) mass is 394 g/mol. The van der Waals surface area contributed by atoms with E-state index in [1.165, 1.54) is 0 Å². The predicted octanol–water partition coefficient (Wildman–Crippen LogP) is 4.07. The van der Waals surface area contributed by atoms with Gasteiger partial charge in [0, 0.05) is 11.3 Å². The van der Waals surface area contributed by atoms with Gasteiger partial charge < -0.3 is 28.8 Å². The number of hydrogen-bond acceptors (Lipinski definition) is 6. The van der Waals surface area contributed by atoms with Gasteiger partial charge in [0.25, 0.3) is 5.91 Å². The minimum Gasteiger partial charge on any atom is -0.493 e. The van der Waals surface area contributed by atoms with E-state index >= 15 is 0 Å². The fourth-order valence-electron chi connectivity index (χ4n) is 3.61. The Bertz CT molecular complexity index is 1020. The number of fused-ring (bicyclic) bond motifs is 1. The molecular weight excluding hydrogens is 372 g/mol. The Morgan fingerprint density at radius 2 is 1.76 bits per heavy atom. The second-order valence-electron chi connectivity index (χ2n) is 6.53. The van der Waals surface area contributed by atoms with Crippen molar-refractivity contribution in [2.75, 3.05) is 26.6 Å². The third-order valence-electron chi connectivity index (χ3n) is 4.96. The fourth-order valence-corrected chi connectivity index (χ4v) is 3.61. The van der Waals surface area contributed by atoms with E-state index in [0.717, 1.165) is 11.3 Å². The molecule has 0 aliphatic carbocycles. The van der Waals surface area contributed by atoms with Crippen molar-refractivity contribution in [2.45, 2.75) is 12.7 Å². The average molecular weight is 394 g/mol. The van der Waals surface area contributed by atoms with Gasteiger partial charge in [-0.3, -0.25) is 4.79 Å². The van der Waals surface area contributed by atoms with Crippen molar-refractivity contribution >= 4 is 11.6 Å². The number of ether oxygens (including phenoxy) is 3. The standard InChI is InChI=1S/C22H22N2O5/c1-26-18-11-10-16(19(27-2)20(18)28-3)21-23-17-9-5-4-8-15(17)22(25)24(21)13-14-7-6-12-29-14/h4-12,21,23H,13H2,1-3H3/t21-/m1/s1. The maximum Gasteiger partial charge on any atom is 0.258 e. The van der Waals surface area contributed by atoms with Crippen LogP contribution >= 0.6 is 0 Å². The van der Waals surface area contributed by atoms with E-state index < -0.39 is 6.17 Å². The molecule has 2 aromatic carbocycles. The summed E-state index contributed by atoms with van der Waals surface area (Å²) in [7, 11) is 4.69. The van der Waals surface area contributed by atoms with Crippen molar-refractivity contribution in [1.82, 2.24) is 4.90 Å². The summed E-state index contributed by atoms with van der Waals surface area (Å²) in [5.74, 6) is 2.11. The first-order valence-corrected chi connectivity index (χ1v) is 9.15. The Morgan fingerprint density at radius 1 is 0.966 bits per heavy atom. The van der Waals surface area contributed by atoms with Gasteiger partial charge in [-0.2, -0.15) is 0 Å². The van der Waals surface area contributed by atoms with Gasteiger partial charge in [0.2, 0.25) is 5.75 Å². The number of nitrogens with one attached hydrogen (secondary N) is 1. The van der Waals surface area contributed by atoms with Crippen LogP contribution in [-0.4, -0.2) is 32.1 Å². The zero-order chi connectivity index (χ0) is 20.4. The largest absolute Gasteiger partial charge is 0.493 e. The molecule has 29 heavy (non-hydrogen) atoms. The Hall–Kier alpha value is -3.61. The lowest BCUT2D eigenvalue weighted by Crippen LogP contribution is -2.42. The van der Waals surface area contributed by atoms with Crippen LogP contribution in [0, 0.1) is 0 Å². The van der Waals surface area contributed by atoms with Crippen LogP contribution in [0.25, 0.3) is 0 Å². The minimum absolute atomic E-state index is 0.0995. The van der Waals surface area contributed by atoms with E-state index in [-0.39, 0.29) is 5.91 Å². The highest BCUT2D eigenvalue weighted by Crippen LogP contribution is 2.45. The van der Waals surface area contributed by atoms with Crippen LogP contribution in [0.3, 0.4) is 0 Å². The Morgan fingerprint density at radius 3 is 2.45 bits per heavy atom. The van der Waals surface area contributed by atoms with E-state index in [9.17, 15) is 4.79 Å². The molecule has 150 valence electrons. The van der Waals surface area contributed by atoms with Crippen LogP contribution in [0.1, 0.15) is 27.8 Å². The van der Waals surface area contributed by atoms with Crippen molar-refractivity contribution < 1.29 is 23.4 Å². The molecule has 7 heteroatoms.